The fourth-order valence-corrected chi connectivity index (χ4v) is 1.64. The van der Waals surface area contributed by atoms with Gasteiger partial charge in [-0.25, -0.2) is 0 Å². The van der Waals surface area contributed by atoms with Gasteiger partial charge < -0.3 is 9.64 Å². The fraction of sp³-hybridized carbons (Fsp3) is 0.200. The van der Waals surface area contributed by atoms with Crippen molar-refractivity contribution in [3.8, 4) is 5.75 Å². The molecule has 1 aromatic rings. The number of aldehydes is 1. The number of amides is 1. The molecule has 0 aliphatic carbocycles. The molecule has 0 fully saturated rings. The molecule has 0 aromatic heterocycles. The van der Waals surface area contributed by atoms with Crippen molar-refractivity contribution < 1.29 is 14.3 Å². The molecule has 1 amide bonds. The molecule has 0 N–H and O–H groups in total. The molecule has 4 nitrogen and oxygen atoms in total. The van der Waals surface area contributed by atoms with E-state index >= 15 is 0 Å². The quantitative estimate of drug-likeness (QED) is 0.619. The van der Waals surface area contributed by atoms with Gasteiger partial charge in [-0.15, -0.1) is 0 Å². The summed E-state index contributed by atoms with van der Waals surface area (Å²) in [6.07, 6.45) is 0.203. The second kappa shape index (κ2) is 5.18. The Morgan fingerprint density at radius 2 is 2.00 bits per heavy atom. The molecule has 0 atom stereocenters. The second-order valence-electron chi connectivity index (χ2n) is 2.95. The fourth-order valence-electron chi connectivity index (χ4n) is 1.13. The van der Waals surface area contributed by atoms with Gasteiger partial charge >= 0.3 is 0 Å². The van der Waals surface area contributed by atoms with E-state index < -0.39 is 5.91 Å². The van der Waals surface area contributed by atoms with Crippen molar-refractivity contribution in [2.75, 3.05) is 19.1 Å². The normalized spacial score (nSPS) is 9.75. The molecule has 0 spiro atoms. The third kappa shape index (κ3) is 2.46. The number of ether oxygens (including phenoxy) is 1. The molecule has 0 saturated carbocycles. The van der Waals surface area contributed by atoms with Crippen LogP contribution in [0, 0.1) is 0 Å². The van der Waals surface area contributed by atoms with Crippen LogP contribution in [0.4, 0.5) is 5.69 Å². The number of carbonyl (C=O) groups excluding carboxylic acids is 2. The van der Waals surface area contributed by atoms with E-state index in [9.17, 15) is 9.59 Å². The van der Waals surface area contributed by atoms with Gasteiger partial charge in [0.25, 0.3) is 5.91 Å². The Balaban J connectivity index is 3.20. The lowest BCUT2D eigenvalue weighted by atomic mass is 10.2. The zero-order valence-electron chi connectivity index (χ0n) is 8.66. The molecule has 86 valence electrons. The lowest BCUT2D eigenvalue weighted by Crippen LogP contribution is -2.27. The van der Waals surface area contributed by atoms with Crippen LogP contribution in [0.1, 0.15) is 0 Å². The summed E-state index contributed by atoms with van der Waals surface area (Å²) in [6, 6.07) is 2.94. The Morgan fingerprint density at radius 3 is 2.50 bits per heavy atom. The minimum Gasteiger partial charge on any atom is -0.495 e. The first-order valence-electron chi connectivity index (χ1n) is 4.27. The van der Waals surface area contributed by atoms with Gasteiger partial charge in [0.1, 0.15) is 5.75 Å². The molecular weight excluding hydrogens is 253 g/mol. The summed E-state index contributed by atoms with van der Waals surface area (Å²) in [5, 5.41) is 0.589. The highest BCUT2D eigenvalue weighted by atomic mass is 35.5. The van der Waals surface area contributed by atoms with E-state index in [0.29, 0.717) is 16.5 Å². The average molecular weight is 262 g/mol. The number of anilines is 1. The topological polar surface area (TPSA) is 46.6 Å². The van der Waals surface area contributed by atoms with Gasteiger partial charge in [-0.1, -0.05) is 23.2 Å². The molecular formula is C10H9Cl2NO3. The molecule has 0 unspecified atom stereocenters. The number of methoxy groups -OCH3 is 1. The monoisotopic (exact) mass is 261 g/mol. The van der Waals surface area contributed by atoms with Gasteiger partial charge in [-0.3, -0.25) is 9.59 Å². The van der Waals surface area contributed by atoms with Crippen molar-refractivity contribution in [2.24, 2.45) is 0 Å². The SMILES string of the molecule is COc1cc(Cl)c(N(C)C(=O)C=O)cc1Cl. The number of likely N-dealkylation sites (N-methyl/N-ethyl adjacent to an activating group) is 1. The summed E-state index contributed by atoms with van der Waals surface area (Å²) in [5.74, 6) is -0.300. The molecule has 0 heterocycles. The predicted molar refractivity (Wildman–Crippen MR) is 62.5 cm³/mol. The smallest absolute Gasteiger partial charge is 0.290 e. The minimum absolute atomic E-state index is 0.203. The Kier molecular flexibility index (Phi) is 4.15. The van der Waals surface area contributed by atoms with Crippen LogP contribution in [-0.2, 0) is 9.59 Å². The zero-order chi connectivity index (χ0) is 12.3. The van der Waals surface area contributed by atoms with Crippen LogP contribution in [0.15, 0.2) is 12.1 Å². The highest BCUT2D eigenvalue weighted by molar-refractivity contribution is 6.38. The van der Waals surface area contributed by atoms with E-state index in [-0.39, 0.29) is 11.3 Å². The van der Waals surface area contributed by atoms with Crippen LogP contribution >= 0.6 is 23.2 Å². The number of carbonyl (C=O) groups is 2. The van der Waals surface area contributed by atoms with Gasteiger partial charge in [-0.2, -0.15) is 0 Å². The maximum Gasteiger partial charge on any atom is 0.290 e. The summed E-state index contributed by atoms with van der Waals surface area (Å²) in [6.45, 7) is 0. The molecule has 0 saturated heterocycles. The van der Waals surface area contributed by atoms with Crippen molar-refractivity contribution in [3.63, 3.8) is 0 Å². The maximum atomic E-state index is 11.2. The van der Waals surface area contributed by atoms with E-state index in [1.807, 2.05) is 0 Å². The van der Waals surface area contributed by atoms with Crippen LogP contribution in [0.25, 0.3) is 0 Å². The highest BCUT2D eigenvalue weighted by Crippen LogP contribution is 2.35. The molecule has 0 aliphatic rings. The Labute approximate surface area is 103 Å². The summed E-state index contributed by atoms with van der Waals surface area (Å²) in [5.41, 5.74) is 0.351. The Morgan fingerprint density at radius 1 is 1.38 bits per heavy atom. The van der Waals surface area contributed by atoms with Gasteiger partial charge in [0, 0.05) is 13.1 Å². The molecule has 6 heteroatoms. The molecule has 16 heavy (non-hydrogen) atoms. The van der Waals surface area contributed by atoms with E-state index in [2.05, 4.69) is 0 Å². The number of halogens is 2. The van der Waals surface area contributed by atoms with Crippen LogP contribution in [0.2, 0.25) is 10.0 Å². The van der Waals surface area contributed by atoms with E-state index in [0.717, 1.165) is 4.90 Å². The van der Waals surface area contributed by atoms with Gasteiger partial charge in [-0.05, 0) is 6.07 Å². The number of benzene rings is 1. The lowest BCUT2D eigenvalue weighted by Gasteiger charge is -2.17. The van der Waals surface area contributed by atoms with Crippen LogP contribution < -0.4 is 9.64 Å². The van der Waals surface area contributed by atoms with Crippen LogP contribution in [-0.4, -0.2) is 26.4 Å². The summed E-state index contributed by atoms with van der Waals surface area (Å²) < 4.78 is 4.96. The standard InChI is InChI=1S/C10H9Cl2NO3/c1-13(10(15)5-14)8-3-7(12)9(16-2)4-6(8)11/h3-5H,1-2H3. The van der Waals surface area contributed by atoms with Crippen molar-refractivity contribution in [3.05, 3.63) is 22.2 Å². The van der Waals surface area contributed by atoms with E-state index in [1.165, 1.54) is 26.3 Å². The molecule has 0 aliphatic heterocycles. The number of nitrogens with zero attached hydrogens (tertiary/aromatic N) is 1. The molecule has 0 radical (unpaired) electrons. The Hall–Kier alpha value is -1.26. The molecule has 1 rings (SSSR count). The first-order valence-corrected chi connectivity index (χ1v) is 5.02. The van der Waals surface area contributed by atoms with Gasteiger partial charge in [0.15, 0.2) is 0 Å². The number of hydrogen-bond acceptors (Lipinski definition) is 3. The zero-order valence-corrected chi connectivity index (χ0v) is 10.2. The number of rotatable bonds is 3. The molecule has 1 aromatic carbocycles. The molecule has 0 bridgehead atoms. The van der Waals surface area contributed by atoms with Crippen LogP contribution in [0.3, 0.4) is 0 Å². The third-order valence-corrected chi connectivity index (χ3v) is 2.61. The predicted octanol–water partition coefficient (Wildman–Crippen LogP) is 2.16. The number of hydrogen-bond donors (Lipinski definition) is 0. The second-order valence-corrected chi connectivity index (χ2v) is 3.77. The third-order valence-electron chi connectivity index (χ3n) is 2.01. The van der Waals surface area contributed by atoms with Crippen molar-refractivity contribution in [1.82, 2.24) is 0 Å². The van der Waals surface area contributed by atoms with Gasteiger partial charge in [0.05, 0.1) is 22.8 Å². The Bertz CT molecular complexity index is 434. The maximum absolute atomic E-state index is 11.2. The van der Waals surface area contributed by atoms with E-state index in [1.54, 1.807) is 0 Å². The van der Waals surface area contributed by atoms with Crippen molar-refractivity contribution in [2.45, 2.75) is 0 Å². The van der Waals surface area contributed by atoms with Gasteiger partial charge in [0.2, 0.25) is 6.29 Å². The minimum atomic E-state index is -0.705. The van der Waals surface area contributed by atoms with Crippen LogP contribution in [0.5, 0.6) is 5.75 Å². The van der Waals surface area contributed by atoms with Crippen molar-refractivity contribution >= 4 is 41.1 Å². The highest BCUT2D eigenvalue weighted by Gasteiger charge is 2.15. The summed E-state index contributed by atoms with van der Waals surface area (Å²) in [4.78, 5) is 22.6. The largest absolute Gasteiger partial charge is 0.495 e. The average Bonchev–Trinajstić information content (AvgIpc) is 2.29. The van der Waals surface area contributed by atoms with E-state index in [4.69, 9.17) is 27.9 Å². The first-order chi connectivity index (χ1) is 7.51. The summed E-state index contributed by atoms with van der Waals surface area (Å²) >= 11 is 11.8. The summed E-state index contributed by atoms with van der Waals surface area (Å²) in [7, 11) is 2.89. The van der Waals surface area contributed by atoms with Crippen molar-refractivity contribution in [1.29, 1.82) is 0 Å². The lowest BCUT2D eigenvalue weighted by molar-refractivity contribution is -0.129. The first kappa shape index (κ1) is 12.8.